The number of fused-ring (bicyclic) bond motifs is 1. The van der Waals surface area contributed by atoms with Crippen LogP contribution in [-0.4, -0.2) is 38.7 Å². The van der Waals surface area contributed by atoms with E-state index in [0.29, 0.717) is 22.1 Å². The topological polar surface area (TPSA) is 55.2 Å². The van der Waals surface area contributed by atoms with Gasteiger partial charge in [-0.25, -0.2) is 4.98 Å². The Bertz CT molecular complexity index is 1180. The molecular formula is C26H31N3O2S. The minimum Gasteiger partial charge on any atom is -0.339 e. The zero-order chi connectivity index (χ0) is 22.7. The maximum Gasteiger partial charge on any atom is 0.266 e. The van der Waals surface area contributed by atoms with E-state index in [-0.39, 0.29) is 17.2 Å². The lowest BCUT2D eigenvalue weighted by molar-refractivity contribution is -0.131. The van der Waals surface area contributed by atoms with Crippen LogP contribution in [0.25, 0.3) is 16.6 Å². The van der Waals surface area contributed by atoms with E-state index in [4.69, 9.17) is 4.98 Å². The molecule has 1 aliphatic carbocycles. The van der Waals surface area contributed by atoms with Crippen molar-refractivity contribution >= 4 is 28.6 Å². The van der Waals surface area contributed by atoms with Gasteiger partial charge in [0.05, 0.1) is 22.3 Å². The maximum absolute atomic E-state index is 13.4. The van der Waals surface area contributed by atoms with Crippen LogP contribution in [-0.2, 0) is 4.79 Å². The number of aryl methyl sites for hydroxylation is 2. The first-order chi connectivity index (χ1) is 15.5. The van der Waals surface area contributed by atoms with E-state index in [0.717, 1.165) is 30.6 Å². The Morgan fingerprint density at radius 2 is 1.84 bits per heavy atom. The molecule has 6 heteroatoms. The number of hydrogen-bond donors (Lipinski definition) is 0. The Labute approximate surface area is 193 Å². The van der Waals surface area contributed by atoms with Gasteiger partial charge < -0.3 is 4.90 Å². The molecule has 0 saturated heterocycles. The average Bonchev–Trinajstić information content (AvgIpc) is 2.81. The molecule has 1 saturated carbocycles. The van der Waals surface area contributed by atoms with Crippen molar-refractivity contribution in [3.8, 4) is 5.69 Å². The van der Waals surface area contributed by atoms with E-state index in [2.05, 4.69) is 13.8 Å². The zero-order valence-corrected chi connectivity index (χ0v) is 20.0. The Hall–Kier alpha value is -2.60. The number of para-hydroxylation sites is 1. The summed E-state index contributed by atoms with van der Waals surface area (Å²) < 4.78 is 1.66. The minimum atomic E-state index is -0.103. The van der Waals surface area contributed by atoms with Crippen LogP contribution in [0.3, 0.4) is 0 Å². The average molecular weight is 450 g/mol. The fourth-order valence-corrected chi connectivity index (χ4v) is 5.44. The molecule has 1 fully saturated rings. The normalized spacial score (nSPS) is 14.6. The first-order valence-corrected chi connectivity index (χ1v) is 12.5. The number of carbonyl (C=O) groups is 1. The van der Waals surface area contributed by atoms with Gasteiger partial charge >= 0.3 is 0 Å². The van der Waals surface area contributed by atoms with Crippen LogP contribution in [0.4, 0.5) is 0 Å². The van der Waals surface area contributed by atoms with Gasteiger partial charge in [-0.3, -0.25) is 14.2 Å². The second kappa shape index (κ2) is 9.90. The molecule has 4 rings (SSSR count). The van der Waals surface area contributed by atoms with Crippen molar-refractivity contribution in [3.05, 3.63) is 63.9 Å². The Morgan fingerprint density at radius 3 is 2.56 bits per heavy atom. The molecule has 0 atom stereocenters. The summed E-state index contributed by atoms with van der Waals surface area (Å²) >= 11 is 1.36. The number of carbonyl (C=O) groups excluding carboxylic acids is 1. The number of thioether (sulfide) groups is 1. The fraction of sp³-hybridized carbons (Fsp3) is 0.423. The van der Waals surface area contributed by atoms with E-state index < -0.39 is 0 Å². The first kappa shape index (κ1) is 22.6. The predicted molar refractivity (Wildman–Crippen MR) is 132 cm³/mol. The van der Waals surface area contributed by atoms with Gasteiger partial charge in [0, 0.05) is 12.6 Å². The summed E-state index contributed by atoms with van der Waals surface area (Å²) in [6.45, 7) is 6.87. The number of aromatic nitrogens is 2. The highest BCUT2D eigenvalue weighted by Crippen LogP contribution is 2.26. The molecule has 0 N–H and O–H groups in total. The first-order valence-electron chi connectivity index (χ1n) is 11.5. The summed E-state index contributed by atoms with van der Waals surface area (Å²) in [7, 11) is 0. The maximum atomic E-state index is 13.4. The summed E-state index contributed by atoms with van der Waals surface area (Å²) in [6.07, 6.45) is 5.83. The van der Waals surface area contributed by atoms with Gasteiger partial charge in [0.1, 0.15) is 0 Å². The molecule has 1 heterocycles. The van der Waals surface area contributed by atoms with Crippen molar-refractivity contribution < 1.29 is 4.79 Å². The van der Waals surface area contributed by atoms with Crippen LogP contribution in [0.15, 0.2) is 52.4 Å². The molecule has 0 radical (unpaired) electrons. The fourth-order valence-electron chi connectivity index (χ4n) is 4.54. The lowest BCUT2D eigenvalue weighted by Crippen LogP contribution is -2.42. The SMILES string of the molecule is CCN(C(=O)CSc1nc2ccccc2c(=O)n1-c1ccc(C)c(C)c1)C1CCCCC1. The zero-order valence-electron chi connectivity index (χ0n) is 19.1. The lowest BCUT2D eigenvalue weighted by atomic mass is 9.94. The predicted octanol–water partition coefficient (Wildman–Crippen LogP) is 5.28. The van der Waals surface area contributed by atoms with Gasteiger partial charge in [0.15, 0.2) is 5.16 Å². The lowest BCUT2D eigenvalue weighted by Gasteiger charge is -2.33. The number of rotatable bonds is 6. The minimum absolute atomic E-state index is 0.103. The Kier molecular flexibility index (Phi) is 6.99. The van der Waals surface area contributed by atoms with Crippen LogP contribution in [0.5, 0.6) is 0 Å². The van der Waals surface area contributed by atoms with Crippen molar-refractivity contribution in [1.82, 2.24) is 14.5 Å². The van der Waals surface area contributed by atoms with Crippen LogP contribution >= 0.6 is 11.8 Å². The molecule has 168 valence electrons. The number of benzene rings is 2. The van der Waals surface area contributed by atoms with Gasteiger partial charge in [-0.2, -0.15) is 0 Å². The Balaban J connectivity index is 1.68. The highest BCUT2D eigenvalue weighted by atomic mass is 32.2. The smallest absolute Gasteiger partial charge is 0.266 e. The summed E-state index contributed by atoms with van der Waals surface area (Å²) in [5.41, 5.74) is 3.63. The van der Waals surface area contributed by atoms with E-state index in [9.17, 15) is 9.59 Å². The molecule has 5 nitrogen and oxygen atoms in total. The summed E-state index contributed by atoms with van der Waals surface area (Å²) in [4.78, 5) is 33.4. The molecule has 0 spiro atoms. The molecule has 3 aromatic rings. The van der Waals surface area contributed by atoms with E-state index >= 15 is 0 Å². The molecule has 1 amide bonds. The van der Waals surface area contributed by atoms with E-state index in [1.807, 2.05) is 54.3 Å². The second-order valence-corrected chi connectivity index (χ2v) is 9.52. The quantitative estimate of drug-likeness (QED) is 0.380. The van der Waals surface area contributed by atoms with Crippen molar-refractivity contribution in [2.75, 3.05) is 12.3 Å². The number of nitrogens with zero attached hydrogens (tertiary/aromatic N) is 3. The monoisotopic (exact) mass is 449 g/mol. The van der Waals surface area contributed by atoms with Gasteiger partial charge in [-0.15, -0.1) is 0 Å². The van der Waals surface area contributed by atoms with Gasteiger partial charge in [-0.05, 0) is 69.0 Å². The Morgan fingerprint density at radius 1 is 1.09 bits per heavy atom. The summed E-state index contributed by atoms with van der Waals surface area (Å²) in [6, 6.07) is 13.7. The molecule has 0 bridgehead atoms. The molecule has 0 aliphatic heterocycles. The van der Waals surface area contributed by atoms with Gasteiger partial charge in [0.2, 0.25) is 5.91 Å². The van der Waals surface area contributed by atoms with Crippen molar-refractivity contribution in [3.63, 3.8) is 0 Å². The summed E-state index contributed by atoms with van der Waals surface area (Å²) in [5, 5.41) is 1.14. The number of amides is 1. The van der Waals surface area contributed by atoms with E-state index in [1.165, 1.54) is 36.6 Å². The molecule has 32 heavy (non-hydrogen) atoms. The van der Waals surface area contributed by atoms with Gasteiger partial charge in [0.25, 0.3) is 5.56 Å². The van der Waals surface area contributed by atoms with E-state index in [1.54, 1.807) is 4.57 Å². The van der Waals surface area contributed by atoms with Crippen molar-refractivity contribution in [2.24, 2.45) is 0 Å². The third-order valence-corrected chi connectivity index (χ3v) is 7.42. The summed E-state index contributed by atoms with van der Waals surface area (Å²) in [5.74, 6) is 0.401. The van der Waals surface area contributed by atoms with Crippen molar-refractivity contribution in [2.45, 2.75) is 64.1 Å². The highest BCUT2D eigenvalue weighted by Gasteiger charge is 2.25. The third-order valence-electron chi connectivity index (χ3n) is 6.49. The number of hydrogen-bond acceptors (Lipinski definition) is 4. The van der Waals surface area contributed by atoms with Crippen LogP contribution in [0.1, 0.15) is 50.2 Å². The third kappa shape index (κ3) is 4.60. The molecule has 2 aromatic carbocycles. The van der Waals surface area contributed by atoms with Crippen LogP contribution < -0.4 is 5.56 Å². The molecule has 1 aromatic heterocycles. The van der Waals surface area contributed by atoms with Crippen LogP contribution in [0.2, 0.25) is 0 Å². The largest absolute Gasteiger partial charge is 0.339 e. The molecule has 0 unspecified atom stereocenters. The standard InChI is InChI=1S/C26H31N3O2S/c1-4-28(20-10-6-5-7-11-20)24(30)17-32-26-27-23-13-9-8-12-22(23)25(31)29(26)21-15-14-18(2)19(3)16-21/h8-9,12-16,20H,4-7,10-11,17H2,1-3H3. The molecule has 1 aliphatic rings. The second-order valence-electron chi connectivity index (χ2n) is 8.58. The van der Waals surface area contributed by atoms with Gasteiger partial charge in [-0.1, -0.05) is 49.2 Å². The van der Waals surface area contributed by atoms with Crippen LogP contribution in [0, 0.1) is 13.8 Å². The highest BCUT2D eigenvalue weighted by molar-refractivity contribution is 7.99. The van der Waals surface area contributed by atoms with Crippen molar-refractivity contribution in [1.29, 1.82) is 0 Å². The molecular weight excluding hydrogens is 418 g/mol.